The molecular weight excluding hydrogens is 294 g/mol. The minimum absolute atomic E-state index is 0.0993. The van der Waals surface area contributed by atoms with E-state index in [2.05, 4.69) is 10.1 Å². The first-order valence-corrected chi connectivity index (χ1v) is 7.68. The highest BCUT2D eigenvalue weighted by atomic mass is 16.6. The molecule has 0 fully saturated rings. The van der Waals surface area contributed by atoms with Crippen LogP contribution in [-0.2, 0) is 16.1 Å². The van der Waals surface area contributed by atoms with Gasteiger partial charge < -0.3 is 20.6 Å². The maximum atomic E-state index is 11.6. The van der Waals surface area contributed by atoms with Crippen LogP contribution in [0, 0.1) is 0 Å². The molecule has 1 aromatic carbocycles. The molecule has 0 saturated carbocycles. The van der Waals surface area contributed by atoms with Crippen LogP contribution in [0.15, 0.2) is 29.4 Å². The molecule has 0 bridgehead atoms. The van der Waals surface area contributed by atoms with Crippen LogP contribution >= 0.6 is 0 Å². The van der Waals surface area contributed by atoms with Gasteiger partial charge in [0.25, 0.3) is 0 Å². The molecule has 0 aromatic heterocycles. The molecule has 1 aromatic rings. The average Bonchev–Trinajstić information content (AvgIpc) is 2.45. The van der Waals surface area contributed by atoms with Crippen LogP contribution in [0.4, 0.5) is 0 Å². The van der Waals surface area contributed by atoms with E-state index in [-0.39, 0.29) is 11.8 Å². The number of benzene rings is 1. The van der Waals surface area contributed by atoms with E-state index < -0.39 is 5.60 Å². The number of ether oxygens (including phenoxy) is 1. The Balaban J connectivity index is 2.36. The molecule has 23 heavy (non-hydrogen) atoms. The Morgan fingerprint density at radius 3 is 2.43 bits per heavy atom. The molecule has 0 aliphatic rings. The molecule has 3 N–H and O–H groups in total. The van der Waals surface area contributed by atoms with Crippen molar-refractivity contribution in [3.63, 3.8) is 0 Å². The fraction of sp³-hybridized carbons (Fsp3) is 0.529. The maximum Gasteiger partial charge on any atom is 0.306 e. The Labute approximate surface area is 137 Å². The van der Waals surface area contributed by atoms with Gasteiger partial charge in [-0.25, -0.2) is 0 Å². The normalized spacial score (nSPS) is 12.5. The summed E-state index contributed by atoms with van der Waals surface area (Å²) in [5.41, 5.74) is 6.91. The average molecular weight is 321 g/mol. The largest absolute Gasteiger partial charge is 0.460 e. The summed E-state index contributed by atoms with van der Waals surface area (Å²) < 4.78 is 5.28. The Morgan fingerprint density at radius 2 is 1.91 bits per heavy atom. The lowest BCUT2D eigenvalue weighted by atomic mass is 10.1. The topological polar surface area (TPSA) is 88.2 Å². The molecule has 0 saturated heterocycles. The van der Waals surface area contributed by atoms with Crippen molar-refractivity contribution < 1.29 is 14.7 Å². The van der Waals surface area contributed by atoms with Crippen molar-refractivity contribution in [2.45, 2.75) is 45.8 Å². The van der Waals surface area contributed by atoms with Crippen molar-refractivity contribution in [1.82, 2.24) is 4.90 Å². The fourth-order valence-electron chi connectivity index (χ4n) is 2.12. The summed E-state index contributed by atoms with van der Waals surface area (Å²) in [4.78, 5) is 13.8. The maximum absolute atomic E-state index is 11.6. The number of carbonyl (C=O) groups is 1. The predicted octanol–water partition coefficient (Wildman–Crippen LogP) is 2.33. The monoisotopic (exact) mass is 321 g/mol. The fourth-order valence-corrected chi connectivity index (χ4v) is 2.12. The van der Waals surface area contributed by atoms with Crippen LogP contribution in [0.2, 0.25) is 0 Å². The molecular formula is C17H27N3O3. The first kappa shape index (κ1) is 19.0. The van der Waals surface area contributed by atoms with Gasteiger partial charge in [-0.05, 0) is 46.3 Å². The summed E-state index contributed by atoms with van der Waals surface area (Å²) in [6.45, 7) is 7.19. The summed E-state index contributed by atoms with van der Waals surface area (Å²) in [6.07, 6.45) is 1.18. The van der Waals surface area contributed by atoms with Gasteiger partial charge in [0.15, 0.2) is 5.84 Å². The zero-order valence-corrected chi connectivity index (χ0v) is 14.4. The minimum Gasteiger partial charge on any atom is -0.460 e. The smallest absolute Gasteiger partial charge is 0.306 e. The van der Waals surface area contributed by atoms with Crippen LogP contribution < -0.4 is 5.73 Å². The lowest BCUT2D eigenvalue weighted by molar-refractivity contribution is -0.154. The van der Waals surface area contributed by atoms with Gasteiger partial charge in [-0.2, -0.15) is 0 Å². The summed E-state index contributed by atoms with van der Waals surface area (Å²) >= 11 is 0. The second-order valence-corrected chi connectivity index (χ2v) is 6.61. The van der Waals surface area contributed by atoms with Gasteiger partial charge in [0.1, 0.15) is 5.60 Å². The molecule has 1 rings (SSSR count). The second-order valence-electron chi connectivity index (χ2n) is 6.61. The van der Waals surface area contributed by atoms with Crippen LogP contribution in [0.5, 0.6) is 0 Å². The van der Waals surface area contributed by atoms with Crippen LogP contribution in [0.25, 0.3) is 0 Å². The predicted molar refractivity (Wildman–Crippen MR) is 90.4 cm³/mol. The number of hydrogen-bond acceptors (Lipinski definition) is 5. The van der Waals surface area contributed by atoms with E-state index in [1.807, 2.05) is 52.1 Å². The quantitative estimate of drug-likeness (QED) is 0.264. The van der Waals surface area contributed by atoms with Gasteiger partial charge in [0.2, 0.25) is 0 Å². The van der Waals surface area contributed by atoms with Gasteiger partial charge in [-0.15, -0.1) is 0 Å². The Bertz CT molecular complexity index is 533. The highest BCUT2D eigenvalue weighted by Crippen LogP contribution is 2.10. The number of nitrogens with two attached hydrogens (primary N) is 1. The van der Waals surface area contributed by atoms with Crippen molar-refractivity contribution >= 4 is 11.8 Å². The zero-order chi connectivity index (χ0) is 17.5. The van der Waals surface area contributed by atoms with Gasteiger partial charge in [0, 0.05) is 18.5 Å². The van der Waals surface area contributed by atoms with Crippen molar-refractivity contribution in [2.24, 2.45) is 10.9 Å². The summed E-state index contributed by atoms with van der Waals surface area (Å²) in [5, 5.41) is 11.6. The van der Waals surface area contributed by atoms with Crippen molar-refractivity contribution in [2.75, 3.05) is 13.6 Å². The van der Waals surface area contributed by atoms with E-state index in [9.17, 15) is 4.79 Å². The summed E-state index contributed by atoms with van der Waals surface area (Å²) in [5.74, 6) is -0.0590. The molecule has 0 heterocycles. The van der Waals surface area contributed by atoms with Crippen molar-refractivity contribution in [3.05, 3.63) is 35.4 Å². The molecule has 0 radical (unpaired) electrons. The molecule has 0 amide bonds. The van der Waals surface area contributed by atoms with E-state index in [0.717, 1.165) is 25.1 Å². The Kier molecular flexibility index (Phi) is 7.03. The number of esters is 1. The third-order valence-electron chi connectivity index (χ3n) is 3.15. The molecule has 0 unspecified atom stereocenters. The highest BCUT2D eigenvalue weighted by Gasteiger charge is 2.15. The zero-order valence-electron chi connectivity index (χ0n) is 14.4. The Hall–Kier alpha value is -2.08. The number of nitrogens with zero attached hydrogens (tertiary/aromatic N) is 2. The van der Waals surface area contributed by atoms with E-state index >= 15 is 0 Å². The van der Waals surface area contributed by atoms with Crippen molar-refractivity contribution in [3.8, 4) is 0 Å². The van der Waals surface area contributed by atoms with E-state index in [4.69, 9.17) is 15.7 Å². The van der Waals surface area contributed by atoms with Crippen LogP contribution in [0.3, 0.4) is 0 Å². The lowest BCUT2D eigenvalue weighted by Gasteiger charge is -2.20. The molecule has 0 spiro atoms. The number of hydrogen-bond donors (Lipinski definition) is 2. The van der Waals surface area contributed by atoms with Gasteiger partial charge >= 0.3 is 5.97 Å². The number of oxime groups is 1. The molecule has 0 aliphatic heterocycles. The van der Waals surface area contributed by atoms with E-state index in [1.54, 1.807) is 0 Å². The third-order valence-corrected chi connectivity index (χ3v) is 3.15. The molecule has 0 atom stereocenters. The van der Waals surface area contributed by atoms with Crippen LogP contribution in [-0.4, -0.2) is 41.1 Å². The molecule has 0 aliphatic carbocycles. The number of carbonyl (C=O) groups excluding carboxylic acids is 1. The van der Waals surface area contributed by atoms with Crippen molar-refractivity contribution in [1.29, 1.82) is 0 Å². The second kappa shape index (κ2) is 8.53. The van der Waals surface area contributed by atoms with Gasteiger partial charge in [0.05, 0.1) is 0 Å². The number of amidine groups is 1. The van der Waals surface area contributed by atoms with Gasteiger partial charge in [-0.1, -0.05) is 29.4 Å². The molecule has 6 nitrogen and oxygen atoms in total. The SMILES string of the molecule is CN(CCCC(=O)OC(C)(C)C)Cc1ccc(/C(N)=N/O)cc1. The van der Waals surface area contributed by atoms with E-state index in [1.165, 1.54) is 0 Å². The summed E-state index contributed by atoms with van der Waals surface area (Å²) in [7, 11) is 2.01. The Morgan fingerprint density at radius 1 is 1.30 bits per heavy atom. The first-order chi connectivity index (χ1) is 10.7. The molecule has 6 heteroatoms. The molecule has 128 valence electrons. The van der Waals surface area contributed by atoms with Crippen LogP contribution in [0.1, 0.15) is 44.7 Å². The minimum atomic E-state index is -0.426. The first-order valence-electron chi connectivity index (χ1n) is 7.68. The van der Waals surface area contributed by atoms with Gasteiger partial charge in [-0.3, -0.25) is 4.79 Å². The van der Waals surface area contributed by atoms with E-state index in [0.29, 0.717) is 12.0 Å². The third kappa shape index (κ3) is 7.65. The summed E-state index contributed by atoms with van der Waals surface area (Å²) in [6, 6.07) is 7.52. The number of rotatable bonds is 7. The highest BCUT2D eigenvalue weighted by molar-refractivity contribution is 5.96. The standard InChI is InChI=1S/C17H27N3O3/c1-17(2,3)23-15(21)6-5-11-20(4)12-13-7-9-14(10-8-13)16(18)19-22/h7-10,22H,5-6,11-12H2,1-4H3,(H2,18,19). The lowest BCUT2D eigenvalue weighted by Crippen LogP contribution is -2.25.